The fourth-order valence-electron chi connectivity index (χ4n) is 3.23. The van der Waals surface area contributed by atoms with Gasteiger partial charge in [-0.1, -0.05) is 17.7 Å². The number of carbonyl (C=O) groups is 1. The lowest BCUT2D eigenvalue weighted by molar-refractivity contribution is 0.102. The molecule has 0 saturated heterocycles. The first-order valence-electron chi connectivity index (χ1n) is 9.51. The van der Waals surface area contributed by atoms with Crippen molar-refractivity contribution in [3.63, 3.8) is 0 Å². The van der Waals surface area contributed by atoms with E-state index in [0.717, 1.165) is 22.5 Å². The quantitative estimate of drug-likeness (QED) is 0.660. The van der Waals surface area contributed by atoms with E-state index in [1.165, 1.54) is 11.4 Å². The Bertz CT molecular complexity index is 1160. The van der Waals surface area contributed by atoms with Crippen LogP contribution < -0.4 is 9.62 Å². The second-order valence-electron chi connectivity index (χ2n) is 7.33. The summed E-state index contributed by atoms with van der Waals surface area (Å²) in [5, 5.41) is 2.90. The van der Waals surface area contributed by atoms with Gasteiger partial charge >= 0.3 is 0 Å². The summed E-state index contributed by atoms with van der Waals surface area (Å²) in [6.07, 6.45) is 0. The highest BCUT2D eigenvalue weighted by Gasteiger charge is 2.21. The van der Waals surface area contributed by atoms with Gasteiger partial charge in [0.15, 0.2) is 0 Å². The van der Waals surface area contributed by atoms with E-state index in [9.17, 15) is 13.2 Å². The second-order valence-corrected chi connectivity index (χ2v) is 9.30. The molecule has 1 heterocycles. The topological polar surface area (TPSA) is 79.4 Å². The smallest absolute Gasteiger partial charge is 0.264 e. The van der Waals surface area contributed by atoms with Gasteiger partial charge in [-0.05, 0) is 75.7 Å². The van der Waals surface area contributed by atoms with E-state index in [-0.39, 0.29) is 10.8 Å². The van der Waals surface area contributed by atoms with Crippen LogP contribution in [-0.4, -0.2) is 26.4 Å². The van der Waals surface area contributed by atoms with E-state index in [1.807, 2.05) is 33.8 Å². The molecule has 0 atom stereocenters. The molecule has 0 bridgehead atoms. The van der Waals surface area contributed by atoms with Gasteiger partial charge in [0, 0.05) is 18.3 Å². The lowest BCUT2D eigenvalue weighted by Crippen LogP contribution is -2.26. The summed E-state index contributed by atoms with van der Waals surface area (Å²) >= 11 is 0. The highest BCUT2D eigenvalue weighted by Crippen LogP contribution is 2.24. The molecule has 2 aromatic carbocycles. The molecule has 0 aliphatic heterocycles. The summed E-state index contributed by atoms with van der Waals surface area (Å²) < 4.78 is 26.9. The van der Waals surface area contributed by atoms with Crippen molar-refractivity contribution in [2.45, 2.75) is 32.6 Å². The number of rotatable bonds is 5. The standard InChI is InChI=1S/C23H25N3O3S/c1-15-6-12-21(13-7-15)30(28,29)26(5)20-10-8-19(9-11-20)23(27)25-22-16(2)14-17(3)24-18(22)4/h6-14H,1-5H3,(H,25,27). The van der Waals surface area contributed by atoms with Gasteiger partial charge in [0.05, 0.1) is 22.0 Å². The average molecular weight is 424 g/mol. The van der Waals surface area contributed by atoms with Crippen molar-refractivity contribution in [2.75, 3.05) is 16.7 Å². The number of aromatic nitrogens is 1. The molecule has 0 spiro atoms. The molecule has 156 valence electrons. The SMILES string of the molecule is Cc1ccc(S(=O)(=O)N(C)c2ccc(C(=O)Nc3c(C)cc(C)nc3C)cc2)cc1. The molecule has 0 saturated carbocycles. The third-order valence-corrected chi connectivity index (χ3v) is 6.74. The lowest BCUT2D eigenvalue weighted by Gasteiger charge is -2.20. The Kier molecular flexibility index (Phi) is 5.94. The molecule has 3 aromatic rings. The molecule has 30 heavy (non-hydrogen) atoms. The molecule has 3 rings (SSSR count). The Labute approximate surface area is 177 Å². The summed E-state index contributed by atoms with van der Waals surface area (Å²) in [7, 11) is -2.19. The number of nitrogens with zero attached hydrogens (tertiary/aromatic N) is 2. The van der Waals surface area contributed by atoms with Crippen LogP contribution in [0.1, 0.15) is 32.9 Å². The fraction of sp³-hybridized carbons (Fsp3) is 0.217. The molecule has 0 radical (unpaired) electrons. The number of benzene rings is 2. The molecule has 1 aromatic heterocycles. The van der Waals surface area contributed by atoms with Crippen LogP contribution >= 0.6 is 0 Å². The lowest BCUT2D eigenvalue weighted by atomic mass is 10.1. The first kappa shape index (κ1) is 21.5. The number of hydrogen-bond acceptors (Lipinski definition) is 4. The highest BCUT2D eigenvalue weighted by molar-refractivity contribution is 7.92. The molecular weight excluding hydrogens is 398 g/mol. The van der Waals surface area contributed by atoms with Crippen molar-refractivity contribution in [2.24, 2.45) is 0 Å². The van der Waals surface area contributed by atoms with E-state index >= 15 is 0 Å². The van der Waals surface area contributed by atoms with Crippen LogP contribution in [0, 0.1) is 27.7 Å². The van der Waals surface area contributed by atoms with Crippen LogP contribution in [-0.2, 0) is 10.0 Å². The largest absolute Gasteiger partial charge is 0.320 e. The number of anilines is 2. The van der Waals surface area contributed by atoms with Crippen LogP contribution in [0.15, 0.2) is 59.5 Å². The predicted octanol–water partition coefficient (Wildman–Crippen LogP) is 4.39. The third-order valence-electron chi connectivity index (χ3n) is 4.94. The minimum Gasteiger partial charge on any atom is -0.320 e. The molecule has 1 N–H and O–H groups in total. The zero-order chi connectivity index (χ0) is 22.1. The van der Waals surface area contributed by atoms with Crippen LogP contribution in [0.5, 0.6) is 0 Å². The highest BCUT2D eigenvalue weighted by atomic mass is 32.2. The zero-order valence-electron chi connectivity index (χ0n) is 17.7. The van der Waals surface area contributed by atoms with Crippen molar-refractivity contribution >= 4 is 27.3 Å². The maximum atomic E-state index is 12.8. The molecule has 0 fully saturated rings. The van der Waals surface area contributed by atoms with Crippen molar-refractivity contribution < 1.29 is 13.2 Å². The van der Waals surface area contributed by atoms with Gasteiger partial charge < -0.3 is 5.32 Å². The Morgan fingerprint density at radius 2 is 1.53 bits per heavy atom. The monoisotopic (exact) mass is 423 g/mol. The van der Waals surface area contributed by atoms with Crippen molar-refractivity contribution in [1.29, 1.82) is 0 Å². The van der Waals surface area contributed by atoms with Gasteiger partial charge in [-0.25, -0.2) is 8.42 Å². The third kappa shape index (κ3) is 4.36. The maximum absolute atomic E-state index is 12.8. The molecule has 7 heteroatoms. The van der Waals surface area contributed by atoms with Gasteiger partial charge in [-0.15, -0.1) is 0 Å². The number of pyridine rings is 1. The minimum absolute atomic E-state index is 0.218. The van der Waals surface area contributed by atoms with Crippen LogP contribution in [0.25, 0.3) is 0 Å². The summed E-state index contributed by atoms with van der Waals surface area (Å²) in [6.45, 7) is 7.58. The second kappa shape index (κ2) is 8.28. The predicted molar refractivity (Wildman–Crippen MR) is 120 cm³/mol. The van der Waals surface area contributed by atoms with E-state index in [4.69, 9.17) is 0 Å². The maximum Gasteiger partial charge on any atom is 0.264 e. The molecule has 1 amide bonds. The van der Waals surface area contributed by atoms with Gasteiger partial charge in [0.1, 0.15) is 0 Å². The molecule has 6 nitrogen and oxygen atoms in total. The molecular formula is C23H25N3O3S. The van der Waals surface area contributed by atoms with E-state index in [0.29, 0.717) is 16.9 Å². The van der Waals surface area contributed by atoms with E-state index in [2.05, 4.69) is 10.3 Å². The number of amides is 1. The van der Waals surface area contributed by atoms with Gasteiger partial charge in [0.25, 0.3) is 15.9 Å². The summed E-state index contributed by atoms with van der Waals surface area (Å²) in [4.78, 5) is 17.3. The summed E-state index contributed by atoms with van der Waals surface area (Å²) in [5.41, 5.74) is 5.16. The Hall–Kier alpha value is -3.19. The van der Waals surface area contributed by atoms with Gasteiger partial charge in [-0.3, -0.25) is 14.1 Å². The summed E-state index contributed by atoms with van der Waals surface area (Å²) in [5.74, 6) is -0.276. The average Bonchev–Trinajstić information content (AvgIpc) is 2.70. The molecule has 0 aliphatic carbocycles. The Balaban J connectivity index is 1.80. The van der Waals surface area contributed by atoms with E-state index < -0.39 is 10.0 Å². The zero-order valence-corrected chi connectivity index (χ0v) is 18.5. The number of carbonyl (C=O) groups excluding carboxylic acids is 1. The van der Waals surface area contributed by atoms with Crippen molar-refractivity contribution in [3.8, 4) is 0 Å². The number of aryl methyl sites for hydroxylation is 4. The minimum atomic E-state index is -3.68. The van der Waals surface area contributed by atoms with Crippen molar-refractivity contribution in [3.05, 3.63) is 82.7 Å². The van der Waals surface area contributed by atoms with Crippen molar-refractivity contribution in [1.82, 2.24) is 4.98 Å². The number of sulfonamides is 1. The fourth-order valence-corrected chi connectivity index (χ4v) is 4.42. The van der Waals surface area contributed by atoms with E-state index in [1.54, 1.807) is 48.5 Å². The van der Waals surface area contributed by atoms with Crippen LogP contribution in [0.4, 0.5) is 11.4 Å². The van der Waals surface area contributed by atoms with Crippen LogP contribution in [0.3, 0.4) is 0 Å². The first-order valence-corrected chi connectivity index (χ1v) is 11.0. The van der Waals surface area contributed by atoms with Gasteiger partial charge in [-0.2, -0.15) is 0 Å². The normalized spacial score (nSPS) is 11.2. The number of nitrogens with one attached hydrogen (secondary N) is 1. The molecule has 0 aliphatic rings. The Morgan fingerprint density at radius 1 is 0.933 bits per heavy atom. The first-order chi connectivity index (χ1) is 14.1. The van der Waals surface area contributed by atoms with Crippen LogP contribution in [0.2, 0.25) is 0 Å². The van der Waals surface area contributed by atoms with Gasteiger partial charge in [0.2, 0.25) is 0 Å². The summed E-state index contributed by atoms with van der Waals surface area (Å²) in [6, 6.07) is 15.1. The Morgan fingerprint density at radius 3 is 2.10 bits per heavy atom. The number of hydrogen-bond donors (Lipinski definition) is 1. The molecule has 0 unspecified atom stereocenters.